The first-order valence-electron chi connectivity index (χ1n) is 6.96. The van der Waals surface area contributed by atoms with Gasteiger partial charge in [-0.05, 0) is 44.0 Å². The average molecular weight is 311 g/mol. The number of carbonyl (C=O) groups excluding carboxylic acids is 1. The van der Waals surface area contributed by atoms with Crippen molar-refractivity contribution in [3.8, 4) is 0 Å². The molecule has 116 valence electrons. The number of benzene rings is 1. The number of nitrogens with one attached hydrogen (secondary N) is 1. The summed E-state index contributed by atoms with van der Waals surface area (Å²) in [5.74, 6) is -0.191. The third-order valence-electron chi connectivity index (χ3n) is 3.64. The van der Waals surface area contributed by atoms with E-state index in [1.807, 2.05) is 6.92 Å². The Balaban J connectivity index is 2.21. The van der Waals surface area contributed by atoms with Gasteiger partial charge in [0.2, 0.25) is 15.9 Å². The van der Waals surface area contributed by atoms with Gasteiger partial charge in [0, 0.05) is 31.2 Å². The zero-order valence-corrected chi connectivity index (χ0v) is 13.1. The maximum atomic E-state index is 12.6. The average Bonchev–Trinajstić information content (AvgIpc) is 2.38. The number of nitrogens with zero attached hydrogens (tertiary/aromatic N) is 1. The zero-order valence-electron chi connectivity index (χ0n) is 12.2. The van der Waals surface area contributed by atoms with Crippen LogP contribution in [0.25, 0.3) is 0 Å². The molecule has 1 unspecified atom stereocenters. The summed E-state index contributed by atoms with van der Waals surface area (Å²) in [6.45, 7) is 3.73. The molecule has 1 amide bonds. The molecule has 0 radical (unpaired) electrons. The first-order valence-corrected chi connectivity index (χ1v) is 8.40. The van der Waals surface area contributed by atoms with E-state index in [2.05, 4.69) is 5.32 Å². The van der Waals surface area contributed by atoms with Crippen LogP contribution in [0.5, 0.6) is 0 Å². The maximum Gasteiger partial charge on any atom is 0.243 e. The van der Waals surface area contributed by atoms with E-state index in [0.29, 0.717) is 25.1 Å². The van der Waals surface area contributed by atoms with Crippen molar-refractivity contribution in [2.24, 2.45) is 5.73 Å². The highest BCUT2D eigenvalue weighted by Gasteiger charge is 2.33. The Bertz CT molecular complexity index is 613. The molecule has 2 rings (SSSR count). The normalized spacial score (nSPS) is 23.8. The number of nitrogens with two attached hydrogens (primary N) is 1. The largest absolute Gasteiger partial charge is 0.328 e. The Morgan fingerprint density at radius 2 is 1.95 bits per heavy atom. The molecule has 1 aliphatic heterocycles. The van der Waals surface area contributed by atoms with Crippen molar-refractivity contribution in [1.29, 1.82) is 0 Å². The Kier molecular flexibility index (Phi) is 4.65. The van der Waals surface area contributed by atoms with Crippen molar-refractivity contribution in [3.05, 3.63) is 24.3 Å². The molecule has 1 aromatic carbocycles. The van der Waals surface area contributed by atoms with Gasteiger partial charge in [0.05, 0.1) is 4.90 Å². The molecule has 0 aliphatic carbocycles. The first kappa shape index (κ1) is 15.9. The maximum absolute atomic E-state index is 12.6. The first-order chi connectivity index (χ1) is 9.80. The number of piperidine rings is 1. The molecular formula is C14H21N3O3S. The van der Waals surface area contributed by atoms with Crippen LogP contribution < -0.4 is 11.1 Å². The standard InChI is InChI=1S/C14H21N3O3S/c1-10-9-12(15)7-8-17(10)21(19,20)14-5-3-13(4-6-14)16-11(2)18/h3-6,10,12H,7-9,15H2,1-2H3,(H,16,18)/t10-,12?/m0/s1. The van der Waals surface area contributed by atoms with E-state index < -0.39 is 10.0 Å². The lowest BCUT2D eigenvalue weighted by atomic mass is 10.0. The van der Waals surface area contributed by atoms with Gasteiger partial charge in [-0.2, -0.15) is 4.31 Å². The van der Waals surface area contributed by atoms with E-state index in [-0.39, 0.29) is 22.9 Å². The van der Waals surface area contributed by atoms with Crippen molar-refractivity contribution in [2.75, 3.05) is 11.9 Å². The van der Waals surface area contributed by atoms with Crippen LogP contribution >= 0.6 is 0 Å². The second-order valence-corrected chi connectivity index (χ2v) is 7.35. The molecule has 3 N–H and O–H groups in total. The van der Waals surface area contributed by atoms with Crippen molar-refractivity contribution in [2.45, 2.75) is 43.7 Å². The van der Waals surface area contributed by atoms with Gasteiger partial charge in [-0.25, -0.2) is 8.42 Å². The number of sulfonamides is 1. The summed E-state index contributed by atoms with van der Waals surface area (Å²) in [6, 6.07) is 6.18. The van der Waals surface area contributed by atoms with Crippen LogP contribution in [0, 0.1) is 0 Å². The molecular weight excluding hydrogens is 290 g/mol. The fourth-order valence-corrected chi connectivity index (χ4v) is 4.25. The second-order valence-electron chi connectivity index (χ2n) is 5.45. The highest BCUT2D eigenvalue weighted by atomic mass is 32.2. The number of hydrogen-bond donors (Lipinski definition) is 2. The lowest BCUT2D eigenvalue weighted by Gasteiger charge is -2.35. The Labute approximate surface area is 125 Å². The van der Waals surface area contributed by atoms with Crippen LogP contribution in [0.4, 0.5) is 5.69 Å². The molecule has 0 aromatic heterocycles. The lowest BCUT2D eigenvalue weighted by Crippen LogP contribution is -2.48. The van der Waals surface area contributed by atoms with Crippen molar-refractivity contribution in [1.82, 2.24) is 4.31 Å². The summed E-state index contributed by atoms with van der Waals surface area (Å²) in [5.41, 5.74) is 6.45. The molecule has 2 atom stereocenters. The number of rotatable bonds is 3. The van der Waals surface area contributed by atoms with Crippen LogP contribution in [-0.4, -0.2) is 37.3 Å². The Hall–Kier alpha value is -1.44. The van der Waals surface area contributed by atoms with Gasteiger partial charge >= 0.3 is 0 Å². The number of hydrogen-bond acceptors (Lipinski definition) is 4. The number of carbonyl (C=O) groups is 1. The predicted molar refractivity (Wildman–Crippen MR) is 81.3 cm³/mol. The topological polar surface area (TPSA) is 92.5 Å². The van der Waals surface area contributed by atoms with Crippen molar-refractivity contribution >= 4 is 21.6 Å². The van der Waals surface area contributed by atoms with Crippen molar-refractivity contribution < 1.29 is 13.2 Å². The molecule has 1 aromatic rings. The minimum absolute atomic E-state index is 0.0635. The molecule has 21 heavy (non-hydrogen) atoms. The smallest absolute Gasteiger partial charge is 0.243 e. The van der Waals surface area contributed by atoms with E-state index in [1.165, 1.54) is 23.4 Å². The minimum atomic E-state index is -3.51. The van der Waals surface area contributed by atoms with Gasteiger partial charge in [0.1, 0.15) is 0 Å². The Morgan fingerprint density at radius 3 is 2.48 bits per heavy atom. The summed E-state index contributed by atoms with van der Waals surface area (Å²) >= 11 is 0. The summed E-state index contributed by atoms with van der Waals surface area (Å²) in [4.78, 5) is 11.2. The molecule has 0 saturated carbocycles. The zero-order chi connectivity index (χ0) is 15.6. The molecule has 1 saturated heterocycles. The van der Waals surface area contributed by atoms with E-state index >= 15 is 0 Å². The van der Waals surface area contributed by atoms with E-state index in [0.717, 1.165) is 0 Å². The van der Waals surface area contributed by atoms with Crippen LogP contribution in [0.1, 0.15) is 26.7 Å². The van der Waals surface area contributed by atoms with E-state index in [1.54, 1.807) is 12.1 Å². The minimum Gasteiger partial charge on any atom is -0.328 e. The van der Waals surface area contributed by atoms with Gasteiger partial charge in [0.25, 0.3) is 0 Å². The van der Waals surface area contributed by atoms with Crippen LogP contribution in [0.3, 0.4) is 0 Å². The predicted octanol–water partition coefficient (Wildman–Crippen LogP) is 1.15. The highest BCUT2D eigenvalue weighted by Crippen LogP contribution is 2.25. The summed E-state index contributed by atoms with van der Waals surface area (Å²) in [5, 5.41) is 2.61. The molecule has 6 nitrogen and oxygen atoms in total. The molecule has 0 bridgehead atoms. The molecule has 1 aliphatic rings. The fourth-order valence-electron chi connectivity index (χ4n) is 2.59. The third kappa shape index (κ3) is 3.61. The van der Waals surface area contributed by atoms with Crippen LogP contribution in [-0.2, 0) is 14.8 Å². The van der Waals surface area contributed by atoms with Gasteiger partial charge in [0.15, 0.2) is 0 Å². The van der Waals surface area contributed by atoms with Gasteiger partial charge in [-0.1, -0.05) is 0 Å². The SMILES string of the molecule is CC(=O)Nc1ccc(S(=O)(=O)N2CCC(N)C[C@@H]2C)cc1. The lowest BCUT2D eigenvalue weighted by molar-refractivity contribution is -0.114. The quantitative estimate of drug-likeness (QED) is 0.875. The second kappa shape index (κ2) is 6.13. The number of anilines is 1. The summed E-state index contributed by atoms with van der Waals surface area (Å²) in [7, 11) is -3.51. The Morgan fingerprint density at radius 1 is 1.33 bits per heavy atom. The van der Waals surface area contributed by atoms with Crippen LogP contribution in [0.15, 0.2) is 29.2 Å². The summed E-state index contributed by atoms with van der Waals surface area (Å²) < 4.78 is 26.8. The monoisotopic (exact) mass is 311 g/mol. The van der Waals surface area contributed by atoms with E-state index in [9.17, 15) is 13.2 Å². The van der Waals surface area contributed by atoms with Crippen LogP contribution in [0.2, 0.25) is 0 Å². The van der Waals surface area contributed by atoms with Gasteiger partial charge in [-0.15, -0.1) is 0 Å². The van der Waals surface area contributed by atoms with Crippen molar-refractivity contribution in [3.63, 3.8) is 0 Å². The molecule has 0 spiro atoms. The molecule has 7 heteroatoms. The highest BCUT2D eigenvalue weighted by molar-refractivity contribution is 7.89. The molecule has 1 fully saturated rings. The summed E-state index contributed by atoms with van der Waals surface area (Å²) in [6.07, 6.45) is 1.34. The fraction of sp³-hybridized carbons (Fsp3) is 0.500. The van der Waals surface area contributed by atoms with Gasteiger partial charge in [-0.3, -0.25) is 4.79 Å². The third-order valence-corrected chi connectivity index (χ3v) is 5.66. The van der Waals surface area contributed by atoms with Gasteiger partial charge < -0.3 is 11.1 Å². The molecule has 1 heterocycles. The number of amides is 1. The van der Waals surface area contributed by atoms with E-state index in [4.69, 9.17) is 5.73 Å².